The molecule has 0 bridgehead atoms. The van der Waals surface area contributed by atoms with Crippen molar-refractivity contribution >= 4 is 22.6 Å². The molecule has 0 fully saturated rings. The van der Waals surface area contributed by atoms with Gasteiger partial charge in [0.2, 0.25) is 0 Å². The van der Waals surface area contributed by atoms with Crippen LogP contribution in [0.5, 0.6) is 0 Å². The van der Waals surface area contributed by atoms with E-state index in [1.54, 1.807) is 6.26 Å². The highest BCUT2D eigenvalue weighted by Crippen LogP contribution is 2.28. The number of benzene rings is 1. The smallest absolute Gasteiger partial charge is 0.135 e. The highest BCUT2D eigenvalue weighted by Gasteiger charge is 2.07. The Morgan fingerprint density at radius 1 is 1.43 bits per heavy atom. The van der Waals surface area contributed by atoms with Crippen molar-refractivity contribution in [3.63, 3.8) is 0 Å². The van der Waals surface area contributed by atoms with Gasteiger partial charge in [-0.2, -0.15) is 0 Å². The Labute approximate surface area is 87.9 Å². The van der Waals surface area contributed by atoms with E-state index in [2.05, 4.69) is 5.32 Å². The summed E-state index contributed by atoms with van der Waals surface area (Å²) in [5.41, 5.74) is 2.03. The predicted molar refractivity (Wildman–Crippen MR) is 58.9 cm³/mol. The van der Waals surface area contributed by atoms with Gasteiger partial charge in [-0.25, -0.2) is 0 Å². The molecule has 0 amide bonds. The Kier molecular flexibility index (Phi) is 2.75. The van der Waals surface area contributed by atoms with Gasteiger partial charge in [-0.3, -0.25) is 0 Å². The third kappa shape index (κ3) is 1.63. The first-order chi connectivity index (χ1) is 6.83. The molecule has 3 heteroatoms. The predicted octanol–water partition coefficient (Wildman–Crippen LogP) is 2.85. The van der Waals surface area contributed by atoms with Gasteiger partial charge >= 0.3 is 0 Å². The molecule has 0 saturated heterocycles. The molecule has 74 valence electrons. The quantitative estimate of drug-likeness (QED) is 0.841. The van der Waals surface area contributed by atoms with Crippen LogP contribution in [0.25, 0.3) is 11.0 Å². The van der Waals surface area contributed by atoms with Crippen molar-refractivity contribution in [3.8, 4) is 0 Å². The number of nitrogens with one attached hydrogen (secondary N) is 1. The van der Waals surface area contributed by atoms with Gasteiger partial charge in [0.05, 0.1) is 11.3 Å². The van der Waals surface area contributed by atoms with Crippen LogP contribution < -0.4 is 5.32 Å². The van der Waals surface area contributed by atoms with Crippen molar-refractivity contribution in [3.05, 3.63) is 35.0 Å². The van der Waals surface area contributed by atoms with Crippen molar-refractivity contribution in [2.45, 2.75) is 6.42 Å². The van der Waals surface area contributed by atoms with E-state index < -0.39 is 0 Å². The lowest BCUT2D eigenvalue weighted by atomic mass is 10.1. The van der Waals surface area contributed by atoms with Crippen LogP contribution >= 0.6 is 11.6 Å². The molecule has 1 aromatic heterocycles. The number of fused-ring (bicyclic) bond motifs is 1. The van der Waals surface area contributed by atoms with Crippen LogP contribution in [-0.2, 0) is 6.42 Å². The fourth-order valence-corrected chi connectivity index (χ4v) is 1.84. The normalized spacial score (nSPS) is 11.0. The number of furan rings is 1. The van der Waals surface area contributed by atoms with E-state index in [9.17, 15) is 0 Å². The van der Waals surface area contributed by atoms with Crippen LogP contribution in [0.1, 0.15) is 5.56 Å². The third-order valence-corrected chi connectivity index (χ3v) is 2.58. The maximum absolute atomic E-state index is 6.10. The monoisotopic (exact) mass is 209 g/mol. The summed E-state index contributed by atoms with van der Waals surface area (Å²) in [6, 6.07) is 5.72. The van der Waals surface area contributed by atoms with Crippen molar-refractivity contribution < 1.29 is 4.42 Å². The van der Waals surface area contributed by atoms with Gasteiger partial charge in [0.25, 0.3) is 0 Å². The Balaban J connectivity index is 2.45. The Bertz CT molecular complexity index is 436. The molecular formula is C11H12ClNO. The van der Waals surface area contributed by atoms with Gasteiger partial charge in [-0.05, 0) is 32.1 Å². The molecule has 0 aliphatic rings. The van der Waals surface area contributed by atoms with Crippen LogP contribution in [-0.4, -0.2) is 13.6 Å². The fraction of sp³-hybridized carbons (Fsp3) is 0.273. The Morgan fingerprint density at radius 3 is 3.07 bits per heavy atom. The molecule has 2 nitrogen and oxygen atoms in total. The van der Waals surface area contributed by atoms with Gasteiger partial charge < -0.3 is 9.73 Å². The summed E-state index contributed by atoms with van der Waals surface area (Å²) >= 11 is 6.10. The maximum Gasteiger partial charge on any atom is 0.135 e. The first-order valence-electron chi connectivity index (χ1n) is 4.62. The molecule has 0 radical (unpaired) electrons. The minimum absolute atomic E-state index is 0.766. The van der Waals surface area contributed by atoms with Gasteiger partial charge in [-0.15, -0.1) is 0 Å². The minimum Gasteiger partial charge on any atom is -0.464 e. The SMILES string of the molecule is CNCCc1coc2cccc(Cl)c12. The van der Waals surface area contributed by atoms with Gasteiger partial charge in [0.15, 0.2) is 0 Å². The molecule has 1 N–H and O–H groups in total. The third-order valence-electron chi connectivity index (χ3n) is 2.27. The minimum atomic E-state index is 0.766. The standard InChI is InChI=1S/C11H12ClNO/c1-13-6-5-8-7-14-10-4-2-3-9(12)11(8)10/h2-4,7,13H,5-6H2,1H3. The zero-order valence-corrected chi connectivity index (χ0v) is 8.77. The summed E-state index contributed by atoms with van der Waals surface area (Å²) in [5, 5.41) is 4.92. The summed E-state index contributed by atoms with van der Waals surface area (Å²) in [5.74, 6) is 0. The summed E-state index contributed by atoms with van der Waals surface area (Å²) in [6.45, 7) is 0.930. The summed E-state index contributed by atoms with van der Waals surface area (Å²) < 4.78 is 5.41. The number of hydrogen-bond acceptors (Lipinski definition) is 2. The molecule has 2 rings (SSSR count). The Morgan fingerprint density at radius 2 is 2.29 bits per heavy atom. The largest absolute Gasteiger partial charge is 0.464 e. The lowest BCUT2D eigenvalue weighted by Crippen LogP contribution is -2.09. The van der Waals surface area contributed by atoms with Crippen molar-refractivity contribution in [2.24, 2.45) is 0 Å². The molecule has 0 aliphatic carbocycles. The molecule has 14 heavy (non-hydrogen) atoms. The second-order valence-corrected chi connectivity index (χ2v) is 3.63. The molecule has 0 aliphatic heterocycles. The van der Waals surface area contributed by atoms with Crippen LogP contribution in [0.2, 0.25) is 5.02 Å². The Hall–Kier alpha value is -0.990. The second-order valence-electron chi connectivity index (χ2n) is 3.23. The molecular weight excluding hydrogens is 198 g/mol. The van der Waals surface area contributed by atoms with E-state index >= 15 is 0 Å². The average Bonchev–Trinajstić information content (AvgIpc) is 2.59. The van der Waals surface area contributed by atoms with Gasteiger partial charge in [0.1, 0.15) is 5.58 Å². The lowest BCUT2D eigenvalue weighted by Gasteiger charge is -1.98. The average molecular weight is 210 g/mol. The summed E-state index contributed by atoms with van der Waals surface area (Å²) in [7, 11) is 1.93. The zero-order valence-electron chi connectivity index (χ0n) is 8.01. The van der Waals surface area contributed by atoms with Crippen LogP contribution in [0, 0.1) is 0 Å². The lowest BCUT2D eigenvalue weighted by molar-refractivity contribution is 0.609. The van der Waals surface area contributed by atoms with Crippen molar-refractivity contribution in [1.82, 2.24) is 5.32 Å². The van der Waals surface area contributed by atoms with E-state index in [1.165, 1.54) is 5.56 Å². The molecule has 0 spiro atoms. The van der Waals surface area contributed by atoms with Gasteiger partial charge in [-0.1, -0.05) is 17.7 Å². The number of hydrogen-bond donors (Lipinski definition) is 1. The maximum atomic E-state index is 6.10. The van der Waals surface area contributed by atoms with E-state index in [1.807, 2.05) is 25.2 Å². The second kappa shape index (κ2) is 4.03. The van der Waals surface area contributed by atoms with Crippen LogP contribution in [0.3, 0.4) is 0 Å². The van der Waals surface area contributed by atoms with E-state index in [0.29, 0.717) is 0 Å². The topological polar surface area (TPSA) is 25.2 Å². The number of likely N-dealkylation sites (N-methyl/N-ethyl adjacent to an activating group) is 1. The molecule has 0 saturated carbocycles. The molecule has 1 aromatic carbocycles. The molecule has 2 aromatic rings. The number of rotatable bonds is 3. The van der Waals surface area contributed by atoms with Crippen LogP contribution in [0.15, 0.2) is 28.9 Å². The van der Waals surface area contributed by atoms with E-state index in [4.69, 9.17) is 16.0 Å². The van der Waals surface area contributed by atoms with Crippen LogP contribution in [0.4, 0.5) is 0 Å². The summed E-state index contributed by atoms with van der Waals surface area (Å²) in [6.07, 6.45) is 2.72. The number of halogens is 1. The van der Waals surface area contributed by atoms with Crippen molar-refractivity contribution in [2.75, 3.05) is 13.6 Å². The molecule has 0 atom stereocenters. The molecule has 0 unspecified atom stereocenters. The van der Waals surface area contributed by atoms with Gasteiger partial charge in [0, 0.05) is 10.9 Å². The van der Waals surface area contributed by atoms with E-state index in [0.717, 1.165) is 29.0 Å². The zero-order chi connectivity index (χ0) is 9.97. The van der Waals surface area contributed by atoms with Crippen molar-refractivity contribution in [1.29, 1.82) is 0 Å². The first-order valence-corrected chi connectivity index (χ1v) is 5.00. The summed E-state index contributed by atoms with van der Waals surface area (Å²) in [4.78, 5) is 0. The van der Waals surface area contributed by atoms with E-state index in [-0.39, 0.29) is 0 Å². The fourth-order valence-electron chi connectivity index (χ4n) is 1.55. The first kappa shape index (κ1) is 9.56. The highest BCUT2D eigenvalue weighted by atomic mass is 35.5. The highest BCUT2D eigenvalue weighted by molar-refractivity contribution is 6.35. The molecule has 1 heterocycles.